The molecule has 2 bridgehead atoms. The maximum Gasteiger partial charge on any atom is 0.0898 e. The average molecular weight is 340 g/mol. The minimum absolute atomic E-state index is 0.0274. The van der Waals surface area contributed by atoms with E-state index in [0.29, 0.717) is 24.7 Å². The molecule has 142 valence electrons. The summed E-state index contributed by atoms with van der Waals surface area (Å²) in [5.41, 5.74) is 0.951. The van der Waals surface area contributed by atoms with Gasteiger partial charge >= 0.3 is 0 Å². The Balaban J connectivity index is 1.78. The molecule has 2 rings (SSSR count). The normalized spacial score (nSPS) is 33.9. The number of aliphatic hydroxyl groups excluding tert-OH is 1. The van der Waals surface area contributed by atoms with E-state index in [1.165, 1.54) is 19.3 Å². The number of hydrogen-bond donors (Lipinski definition) is 2. The Bertz CT molecular complexity index is 438. The van der Waals surface area contributed by atoms with Crippen LogP contribution in [0.5, 0.6) is 0 Å². The van der Waals surface area contributed by atoms with E-state index in [4.69, 9.17) is 4.74 Å². The molecule has 0 spiro atoms. The van der Waals surface area contributed by atoms with E-state index < -0.39 is 6.10 Å². The van der Waals surface area contributed by atoms with Crippen molar-refractivity contribution >= 4 is 0 Å². The monoisotopic (exact) mass is 339 g/mol. The molecule has 4 atom stereocenters. The highest BCUT2D eigenvalue weighted by molar-refractivity contribution is 5.11. The van der Waals surface area contributed by atoms with Gasteiger partial charge in [0.15, 0.2) is 0 Å². The van der Waals surface area contributed by atoms with E-state index in [0.717, 1.165) is 12.3 Å². The molecule has 0 heterocycles. The number of fused-ring (bicyclic) bond motifs is 2. The maximum atomic E-state index is 10.4. The Hall–Kier alpha value is -0.120. The van der Waals surface area contributed by atoms with Crippen molar-refractivity contribution in [3.63, 3.8) is 0 Å². The van der Waals surface area contributed by atoms with Gasteiger partial charge in [-0.15, -0.1) is 0 Å². The molecule has 0 aliphatic heterocycles. The molecule has 3 nitrogen and oxygen atoms in total. The number of rotatable bonds is 7. The van der Waals surface area contributed by atoms with Crippen molar-refractivity contribution in [2.45, 2.75) is 98.8 Å². The topological polar surface area (TPSA) is 41.5 Å². The molecule has 0 aromatic carbocycles. The zero-order chi connectivity index (χ0) is 18.4. The van der Waals surface area contributed by atoms with E-state index in [-0.39, 0.29) is 16.4 Å². The number of β-amino-alcohol motifs (C(OH)–C–C–N with tert-alkyl or cyclic N) is 1. The van der Waals surface area contributed by atoms with Gasteiger partial charge in [0.1, 0.15) is 0 Å². The largest absolute Gasteiger partial charge is 0.389 e. The lowest BCUT2D eigenvalue weighted by Gasteiger charge is -2.39. The molecule has 2 saturated carbocycles. The number of aliphatic hydroxyl groups is 1. The van der Waals surface area contributed by atoms with Crippen LogP contribution in [-0.2, 0) is 4.74 Å². The van der Waals surface area contributed by atoms with Crippen LogP contribution >= 0.6 is 0 Å². The van der Waals surface area contributed by atoms with Crippen LogP contribution < -0.4 is 5.32 Å². The van der Waals surface area contributed by atoms with Gasteiger partial charge in [-0.3, -0.25) is 0 Å². The molecule has 3 heteroatoms. The standard InChI is InChI=1S/C21H41NO2/c1-18(2,3)14-19(4,5)22-12-16(23)13-24-17-11-15-9-10-21(17,8)20(15,6)7/h15-17,22-23H,9-14H2,1-8H3. The molecule has 0 radical (unpaired) electrons. The first kappa shape index (κ1) is 20.2. The first-order chi connectivity index (χ1) is 10.8. The Morgan fingerprint density at radius 2 is 1.79 bits per heavy atom. The summed E-state index contributed by atoms with van der Waals surface area (Å²) in [7, 11) is 0. The Morgan fingerprint density at radius 1 is 1.17 bits per heavy atom. The van der Waals surface area contributed by atoms with Crippen LogP contribution in [0.3, 0.4) is 0 Å². The van der Waals surface area contributed by atoms with Crippen LogP contribution in [0.4, 0.5) is 0 Å². The summed E-state index contributed by atoms with van der Waals surface area (Å²) in [5.74, 6) is 0.786. The SMILES string of the molecule is CC(C)(C)CC(C)(C)NCC(O)COC1CC2CCC1(C)C2(C)C. The molecule has 2 fully saturated rings. The quantitative estimate of drug-likeness (QED) is 0.723. The van der Waals surface area contributed by atoms with Crippen LogP contribution in [0.15, 0.2) is 0 Å². The summed E-state index contributed by atoms with van der Waals surface area (Å²) in [5, 5.41) is 13.9. The Morgan fingerprint density at radius 3 is 2.25 bits per heavy atom. The average Bonchev–Trinajstić information content (AvgIpc) is 2.73. The van der Waals surface area contributed by atoms with Crippen LogP contribution in [0.2, 0.25) is 0 Å². The van der Waals surface area contributed by atoms with Crippen molar-refractivity contribution in [1.82, 2.24) is 5.32 Å². The van der Waals surface area contributed by atoms with Crippen LogP contribution in [0, 0.1) is 22.2 Å². The third-order valence-electron chi connectivity index (χ3n) is 6.99. The molecule has 2 aliphatic carbocycles. The third-order valence-corrected chi connectivity index (χ3v) is 6.99. The second-order valence-electron chi connectivity index (χ2n) is 11.1. The summed E-state index contributed by atoms with van der Waals surface area (Å²) in [6, 6.07) is 0. The van der Waals surface area contributed by atoms with Crippen LogP contribution in [0.1, 0.15) is 81.1 Å². The van der Waals surface area contributed by atoms with Gasteiger partial charge in [-0.2, -0.15) is 0 Å². The Kier molecular flexibility index (Phi) is 5.52. The molecule has 4 unspecified atom stereocenters. The maximum absolute atomic E-state index is 10.4. The lowest BCUT2D eigenvalue weighted by Crippen LogP contribution is -2.47. The predicted octanol–water partition coefficient (Wildman–Crippen LogP) is 4.38. The summed E-state index contributed by atoms with van der Waals surface area (Å²) in [4.78, 5) is 0. The molecule has 0 amide bonds. The smallest absolute Gasteiger partial charge is 0.0898 e. The zero-order valence-corrected chi connectivity index (χ0v) is 17.3. The van der Waals surface area contributed by atoms with Crippen molar-refractivity contribution in [1.29, 1.82) is 0 Å². The van der Waals surface area contributed by atoms with Gasteiger partial charge in [0, 0.05) is 12.1 Å². The second-order valence-corrected chi connectivity index (χ2v) is 11.1. The van der Waals surface area contributed by atoms with Crippen molar-refractivity contribution in [3.8, 4) is 0 Å². The van der Waals surface area contributed by atoms with E-state index in [1.54, 1.807) is 0 Å². The highest BCUT2D eigenvalue weighted by Crippen LogP contribution is 2.66. The summed E-state index contributed by atoms with van der Waals surface area (Å²) in [6.07, 6.45) is 4.72. The molecule has 24 heavy (non-hydrogen) atoms. The highest BCUT2D eigenvalue weighted by Gasteiger charge is 2.61. The fraction of sp³-hybridized carbons (Fsp3) is 1.00. The lowest BCUT2D eigenvalue weighted by atomic mass is 9.70. The summed E-state index contributed by atoms with van der Waals surface area (Å²) >= 11 is 0. The minimum atomic E-state index is -0.435. The van der Waals surface area contributed by atoms with Crippen molar-refractivity contribution in [2.24, 2.45) is 22.2 Å². The lowest BCUT2D eigenvalue weighted by molar-refractivity contribution is -0.0750. The van der Waals surface area contributed by atoms with Crippen molar-refractivity contribution in [2.75, 3.05) is 13.2 Å². The highest BCUT2D eigenvalue weighted by atomic mass is 16.5. The molecule has 2 aliphatic rings. The predicted molar refractivity (Wildman–Crippen MR) is 101 cm³/mol. The van der Waals surface area contributed by atoms with Gasteiger partial charge in [0.2, 0.25) is 0 Å². The van der Waals surface area contributed by atoms with Crippen molar-refractivity contribution < 1.29 is 9.84 Å². The van der Waals surface area contributed by atoms with Gasteiger partial charge in [-0.25, -0.2) is 0 Å². The molecular weight excluding hydrogens is 298 g/mol. The number of ether oxygens (including phenoxy) is 1. The number of hydrogen-bond acceptors (Lipinski definition) is 3. The van der Waals surface area contributed by atoms with Crippen LogP contribution in [-0.4, -0.2) is 36.0 Å². The Labute approximate surface area is 149 Å². The van der Waals surface area contributed by atoms with E-state index in [9.17, 15) is 5.11 Å². The third kappa shape index (κ3) is 4.16. The van der Waals surface area contributed by atoms with Crippen molar-refractivity contribution in [3.05, 3.63) is 0 Å². The van der Waals surface area contributed by atoms with Gasteiger partial charge in [-0.1, -0.05) is 41.5 Å². The fourth-order valence-electron chi connectivity index (χ4n) is 5.45. The summed E-state index contributed by atoms with van der Waals surface area (Å²) < 4.78 is 6.21. The molecular formula is C21H41NO2. The van der Waals surface area contributed by atoms with Gasteiger partial charge < -0.3 is 15.2 Å². The first-order valence-electron chi connectivity index (χ1n) is 9.82. The molecule has 2 N–H and O–H groups in total. The fourth-order valence-corrected chi connectivity index (χ4v) is 5.45. The second kappa shape index (κ2) is 6.55. The van der Waals surface area contributed by atoms with Gasteiger partial charge in [0.25, 0.3) is 0 Å². The molecule has 0 saturated heterocycles. The summed E-state index contributed by atoms with van der Waals surface area (Å²) in [6.45, 7) is 19.4. The van der Waals surface area contributed by atoms with E-state index in [2.05, 4.69) is 60.7 Å². The minimum Gasteiger partial charge on any atom is -0.389 e. The van der Waals surface area contributed by atoms with Gasteiger partial charge in [-0.05, 0) is 61.7 Å². The van der Waals surface area contributed by atoms with E-state index in [1.807, 2.05) is 0 Å². The molecule has 0 aromatic heterocycles. The van der Waals surface area contributed by atoms with E-state index >= 15 is 0 Å². The van der Waals surface area contributed by atoms with Gasteiger partial charge in [0.05, 0.1) is 18.8 Å². The zero-order valence-electron chi connectivity index (χ0n) is 17.3. The van der Waals surface area contributed by atoms with Crippen LogP contribution in [0.25, 0.3) is 0 Å². The number of nitrogens with one attached hydrogen (secondary N) is 1. The molecule has 0 aromatic rings. The first-order valence-corrected chi connectivity index (χ1v) is 9.82.